The second-order valence-corrected chi connectivity index (χ2v) is 5.97. The first-order chi connectivity index (χ1) is 9.22. The van der Waals surface area contributed by atoms with E-state index in [1.165, 1.54) is 12.1 Å². The smallest absolute Gasteiger partial charge is 0.315 e. The van der Waals surface area contributed by atoms with Crippen LogP contribution >= 0.6 is 23.2 Å². The molecule has 0 aromatic heterocycles. The van der Waals surface area contributed by atoms with Crippen LogP contribution in [-0.2, 0) is 0 Å². The number of rotatable bonds is 4. The van der Waals surface area contributed by atoms with Crippen LogP contribution in [-0.4, -0.2) is 12.1 Å². The highest BCUT2D eigenvalue weighted by atomic mass is 35.5. The van der Waals surface area contributed by atoms with E-state index in [1.807, 2.05) is 20.8 Å². The van der Waals surface area contributed by atoms with Crippen molar-refractivity contribution < 1.29 is 9.18 Å². The summed E-state index contributed by atoms with van der Waals surface area (Å²) < 4.78 is 13.5. The highest BCUT2D eigenvalue weighted by molar-refractivity contribution is 6.35. The van der Waals surface area contributed by atoms with E-state index in [2.05, 4.69) is 10.6 Å². The normalized spacial score (nSPS) is 14.0. The zero-order chi connectivity index (χ0) is 15.4. The Labute approximate surface area is 128 Å². The molecule has 0 saturated heterocycles. The Morgan fingerprint density at radius 2 is 1.70 bits per heavy atom. The van der Waals surface area contributed by atoms with Gasteiger partial charge in [-0.1, -0.05) is 37.0 Å². The van der Waals surface area contributed by atoms with Crippen LogP contribution in [0.1, 0.15) is 39.3 Å². The molecular formula is C14H19Cl2FN2O. The largest absolute Gasteiger partial charge is 0.335 e. The van der Waals surface area contributed by atoms with Gasteiger partial charge in [-0.3, -0.25) is 0 Å². The lowest BCUT2D eigenvalue weighted by Crippen LogP contribution is -2.43. The summed E-state index contributed by atoms with van der Waals surface area (Å²) >= 11 is 11.7. The number of carbonyl (C=O) groups excluding carboxylic acids is 1. The molecule has 2 amide bonds. The molecule has 0 radical (unpaired) electrons. The van der Waals surface area contributed by atoms with Gasteiger partial charge >= 0.3 is 6.03 Å². The van der Waals surface area contributed by atoms with Crippen molar-refractivity contribution in [3.8, 4) is 0 Å². The number of hydrogen-bond donors (Lipinski definition) is 2. The molecule has 0 saturated carbocycles. The van der Waals surface area contributed by atoms with Crippen LogP contribution in [0, 0.1) is 11.7 Å². The van der Waals surface area contributed by atoms with E-state index in [4.69, 9.17) is 23.2 Å². The first kappa shape index (κ1) is 17.1. The Morgan fingerprint density at radius 3 is 2.25 bits per heavy atom. The molecule has 0 heterocycles. The maximum absolute atomic E-state index is 13.5. The number of urea groups is 1. The van der Waals surface area contributed by atoms with E-state index >= 15 is 0 Å². The maximum Gasteiger partial charge on any atom is 0.315 e. The fourth-order valence-corrected chi connectivity index (χ4v) is 2.11. The minimum atomic E-state index is -0.560. The number of benzene rings is 1. The van der Waals surface area contributed by atoms with Gasteiger partial charge in [0.25, 0.3) is 0 Å². The summed E-state index contributed by atoms with van der Waals surface area (Å²) in [5.41, 5.74) is 0.487. The zero-order valence-electron chi connectivity index (χ0n) is 11.9. The van der Waals surface area contributed by atoms with Gasteiger partial charge < -0.3 is 10.6 Å². The fraction of sp³-hybridized carbons (Fsp3) is 0.500. The topological polar surface area (TPSA) is 41.1 Å². The van der Waals surface area contributed by atoms with E-state index in [0.29, 0.717) is 16.5 Å². The van der Waals surface area contributed by atoms with Gasteiger partial charge in [-0.15, -0.1) is 0 Å². The molecule has 1 aromatic rings. The molecule has 6 heteroatoms. The first-order valence-electron chi connectivity index (χ1n) is 6.43. The van der Waals surface area contributed by atoms with Gasteiger partial charge in [0.1, 0.15) is 5.82 Å². The summed E-state index contributed by atoms with van der Waals surface area (Å²) in [7, 11) is 0. The van der Waals surface area contributed by atoms with Gasteiger partial charge in [0.2, 0.25) is 0 Å². The molecule has 3 nitrogen and oxygen atoms in total. The predicted molar refractivity (Wildman–Crippen MR) is 80.8 cm³/mol. The maximum atomic E-state index is 13.5. The van der Waals surface area contributed by atoms with E-state index in [0.717, 1.165) is 0 Å². The van der Waals surface area contributed by atoms with E-state index in [9.17, 15) is 9.18 Å². The second-order valence-electron chi connectivity index (χ2n) is 5.16. The highest BCUT2D eigenvalue weighted by Gasteiger charge is 2.17. The highest BCUT2D eigenvalue weighted by Crippen LogP contribution is 2.28. The molecule has 2 atom stereocenters. The molecule has 0 bridgehead atoms. The number of carbonyl (C=O) groups is 1. The Morgan fingerprint density at radius 1 is 1.10 bits per heavy atom. The van der Waals surface area contributed by atoms with E-state index in [-0.39, 0.29) is 17.1 Å². The molecule has 0 spiro atoms. The lowest BCUT2D eigenvalue weighted by atomic mass is 10.1. The minimum absolute atomic E-state index is 0.0381. The quantitative estimate of drug-likeness (QED) is 0.786. The molecule has 2 unspecified atom stereocenters. The van der Waals surface area contributed by atoms with Crippen LogP contribution in [0.5, 0.6) is 0 Å². The van der Waals surface area contributed by atoms with Crippen molar-refractivity contribution in [3.05, 3.63) is 33.6 Å². The van der Waals surface area contributed by atoms with Gasteiger partial charge in [-0.2, -0.15) is 0 Å². The zero-order valence-corrected chi connectivity index (χ0v) is 13.4. The van der Waals surface area contributed by atoms with Crippen LogP contribution in [0.3, 0.4) is 0 Å². The van der Waals surface area contributed by atoms with Gasteiger partial charge in [-0.05, 0) is 37.5 Å². The SMILES string of the molecule is CC(NC(=O)NC(C)C(C)C)c1cc(F)c(Cl)cc1Cl. The molecule has 1 rings (SSSR count). The van der Waals surface area contributed by atoms with E-state index < -0.39 is 11.9 Å². The molecule has 0 aliphatic carbocycles. The van der Waals surface area contributed by atoms with Crippen LogP contribution in [0.15, 0.2) is 12.1 Å². The molecule has 1 aromatic carbocycles. The van der Waals surface area contributed by atoms with Crippen LogP contribution < -0.4 is 10.6 Å². The van der Waals surface area contributed by atoms with Crippen molar-refractivity contribution >= 4 is 29.2 Å². The molecule has 0 fully saturated rings. The first-order valence-corrected chi connectivity index (χ1v) is 7.19. The average molecular weight is 321 g/mol. The lowest BCUT2D eigenvalue weighted by Gasteiger charge is -2.21. The summed E-state index contributed by atoms with van der Waals surface area (Å²) in [5, 5.41) is 5.82. The van der Waals surface area contributed by atoms with Gasteiger partial charge in [0, 0.05) is 11.1 Å². The van der Waals surface area contributed by atoms with Crippen molar-refractivity contribution in [1.29, 1.82) is 0 Å². The van der Waals surface area contributed by atoms with E-state index in [1.54, 1.807) is 6.92 Å². The number of amides is 2. The molecule has 0 aliphatic rings. The Hall–Kier alpha value is -1.00. The van der Waals surface area contributed by atoms with Crippen molar-refractivity contribution in [2.75, 3.05) is 0 Å². The summed E-state index contributed by atoms with van der Waals surface area (Å²) in [4.78, 5) is 11.8. The third kappa shape index (κ3) is 4.53. The third-order valence-electron chi connectivity index (χ3n) is 3.21. The summed E-state index contributed by atoms with van der Waals surface area (Å²) in [6.07, 6.45) is 0. The number of hydrogen-bond acceptors (Lipinski definition) is 1. The Bertz CT molecular complexity index is 494. The van der Waals surface area contributed by atoms with Crippen molar-refractivity contribution in [2.24, 2.45) is 5.92 Å². The van der Waals surface area contributed by atoms with Gasteiger partial charge in [0.15, 0.2) is 0 Å². The summed E-state index contributed by atoms with van der Waals surface area (Å²) in [6.45, 7) is 7.68. The molecule has 20 heavy (non-hydrogen) atoms. The summed E-state index contributed by atoms with van der Waals surface area (Å²) in [6, 6.07) is 1.88. The second kappa shape index (κ2) is 7.14. The molecule has 112 valence electrons. The fourth-order valence-electron chi connectivity index (χ4n) is 1.56. The third-order valence-corrected chi connectivity index (χ3v) is 3.83. The Kier molecular flexibility index (Phi) is 6.08. The lowest BCUT2D eigenvalue weighted by molar-refractivity contribution is 0.231. The number of halogens is 3. The minimum Gasteiger partial charge on any atom is -0.335 e. The standard InChI is InChI=1S/C14H19Cl2FN2O/c1-7(2)8(3)18-14(20)19-9(4)10-5-13(17)12(16)6-11(10)15/h5-9H,1-4H3,(H2,18,19,20). The van der Waals surface area contributed by atoms with Crippen LogP contribution in [0.4, 0.5) is 9.18 Å². The van der Waals surface area contributed by atoms with Crippen molar-refractivity contribution in [1.82, 2.24) is 10.6 Å². The predicted octanol–water partition coefficient (Wildman–Crippen LogP) is 4.54. The van der Waals surface area contributed by atoms with Gasteiger partial charge in [0.05, 0.1) is 11.1 Å². The van der Waals surface area contributed by atoms with Gasteiger partial charge in [-0.25, -0.2) is 9.18 Å². The summed E-state index contributed by atoms with van der Waals surface area (Å²) in [5.74, 6) is -0.233. The van der Waals surface area contributed by atoms with Crippen LogP contribution in [0.25, 0.3) is 0 Å². The van der Waals surface area contributed by atoms with Crippen molar-refractivity contribution in [3.63, 3.8) is 0 Å². The van der Waals surface area contributed by atoms with Crippen LogP contribution in [0.2, 0.25) is 10.0 Å². The Balaban J connectivity index is 2.74. The average Bonchev–Trinajstić information content (AvgIpc) is 2.33. The molecule has 2 N–H and O–H groups in total. The molecular weight excluding hydrogens is 302 g/mol. The van der Waals surface area contributed by atoms with Crippen molar-refractivity contribution in [2.45, 2.75) is 39.8 Å². The molecule has 0 aliphatic heterocycles. The monoisotopic (exact) mass is 320 g/mol. The number of nitrogens with one attached hydrogen (secondary N) is 2.